The van der Waals surface area contributed by atoms with Crippen LogP contribution in [0.2, 0.25) is 0 Å². The number of nitrogens with zero attached hydrogens (tertiary/aromatic N) is 5. The Hall–Kier alpha value is -1.01. The molecule has 0 aliphatic heterocycles. The zero-order chi connectivity index (χ0) is 12.5. The van der Waals surface area contributed by atoms with Crippen molar-refractivity contribution in [3.8, 4) is 0 Å². The SMILES string of the molecule is CN(C)C1(C(N)Cc2nnn(C)n2)CCCC1. The summed E-state index contributed by atoms with van der Waals surface area (Å²) in [7, 11) is 6.02. The first-order chi connectivity index (χ1) is 8.04. The van der Waals surface area contributed by atoms with Crippen molar-refractivity contribution in [3.63, 3.8) is 0 Å². The highest BCUT2D eigenvalue weighted by atomic mass is 15.6. The largest absolute Gasteiger partial charge is 0.326 e. The van der Waals surface area contributed by atoms with Gasteiger partial charge in [0.25, 0.3) is 0 Å². The van der Waals surface area contributed by atoms with E-state index in [1.54, 1.807) is 7.05 Å². The molecule has 1 aromatic rings. The van der Waals surface area contributed by atoms with Crippen molar-refractivity contribution in [1.29, 1.82) is 0 Å². The quantitative estimate of drug-likeness (QED) is 0.796. The lowest BCUT2D eigenvalue weighted by atomic mass is 9.85. The van der Waals surface area contributed by atoms with Crippen LogP contribution >= 0.6 is 0 Å². The first kappa shape index (κ1) is 12.4. The molecule has 6 nitrogen and oxygen atoms in total. The zero-order valence-electron chi connectivity index (χ0n) is 10.9. The normalized spacial score (nSPS) is 21.0. The van der Waals surface area contributed by atoms with E-state index in [0.717, 1.165) is 5.82 Å². The maximum absolute atomic E-state index is 6.40. The Morgan fingerprint density at radius 1 is 1.41 bits per heavy atom. The van der Waals surface area contributed by atoms with Crippen molar-refractivity contribution in [1.82, 2.24) is 25.1 Å². The molecule has 0 bridgehead atoms. The molecular formula is C11H22N6. The first-order valence-electron chi connectivity index (χ1n) is 6.20. The number of rotatable bonds is 4. The standard InChI is InChI=1S/C11H22N6/c1-16(2)11(6-4-5-7-11)9(12)8-10-13-15-17(3)14-10/h9H,4-8,12H2,1-3H3. The van der Waals surface area contributed by atoms with Crippen LogP contribution < -0.4 is 5.73 Å². The molecule has 0 aromatic carbocycles. The van der Waals surface area contributed by atoms with Crippen LogP contribution in [-0.2, 0) is 13.5 Å². The average molecular weight is 238 g/mol. The lowest BCUT2D eigenvalue weighted by molar-refractivity contribution is 0.122. The summed E-state index contributed by atoms with van der Waals surface area (Å²) in [5.74, 6) is 0.744. The van der Waals surface area contributed by atoms with Gasteiger partial charge >= 0.3 is 0 Å². The smallest absolute Gasteiger partial charge is 0.176 e. The Morgan fingerprint density at radius 3 is 2.53 bits per heavy atom. The summed E-state index contributed by atoms with van der Waals surface area (Å²) in [4.78, 5) is 3.76. The van der Waals surface area contributed by atoms with E-state index in [1.165, 1.54) is 30.5 Å². The molecule has 1 aromatic heterocycles. The molecule has 1 saturated carbocycles. The van der Waals surface area contributed by atoms with Gasteiger partial charge < -0.3 is 10.6 Å². The van der Waals surface area contributed by atoms with Crippen molar-refractivity contribution < 1.29 is 0 Å². The monoisotopic (exact) mass is 238 g/mol. The minimum absolute atomic E-state index is 0.0733. The van der Waals surface area contributed by atoms with Gasteiger partial charge in [-0.1, -0.05) is 12.8 Å². The predicted octanol–water partition coefficient (Wildman–Crippen LogP) is -0.0457. The molecule has 0 saturated heterocycles. The number of likely N-dealkylation sites (N-methyl/N-ethyl adjacent to an activating group) is 1. The molecule has 2 N–H and O–H groups in total. The molecule has 0 spiro atoms. The molecular weight excluding hydrogens is 216 g/mol. The van der Waals surface area contributed by atoms with Crippen molar-refractivity contribution in [3.05, 3.63) is 5.82 Å². The van der Waals surface area contributed by atoms with Gasteiger partial charge in [0.05, 0.1) is 7.05 Å². The lowest BCUT2D eigenvalue weighted by Crippen LogP contribution is -2.56. The molecule has 1 unspecified atom stereocenters. The fourth-order valence-corrected chi connectivity index (χ4v) is 2.93. The second kappa shape index (κ2) is 4.70. The third-order valence-corrected chi connectivity index (χ3v) is 4.00. The van der Waals surface area contributed by atoms with E-state index in [9.17, 15) is 0 Å². The minimum Gasteiger partial charge on any atom is -0.326 e. The third-order valence-electron chi connectivity index (χ3n) is 4.00. The topological polar surface area (TPSA) is 72.9 Å². The Bertz CT molecular complexity index is 366. The average Bonchev–Trinajstić information content (AvgIpc) is 2.87. The maximum atomic E-state index is 6.40. The summed E-state index contributed by atoms with van der Waals surface area (Å²) >= 11 is 0. The summed E-state index contributed by atoms with van der Waals surface area (Å²) in [6, 6.07) is 0.0733. The van der Waals surface area contributed by atoms with E-state index in [1.807, 2.05) is 0 Å². The Kier molecular flexibility index (Phi) is 3.44. The lowest BCUT2D eigenvalue weighted by Gasteiger charge is -2.41. The second-order valence-corrected chi connectivity index (χ2v) is 5.21. The molecule has 1 heterocycles. The highest BCUT2D eigenvalue weighted by molar-refractivity contribution is 5.03. The number of aryl methyl sites for hydroxylation is 1. The minimum atomic E-state index is 0.0733. The van der Waals surface area contributed by atoms with Gasteiger partial charge in [0.2, 0.25) is 0 Å². The van der Waals surface area contributed by atoms with Gasteiger partial charge in [-0.05, 0) is 32.2 Å². The molecule has 96 valence electrons. The number of hydrogen-bond acceptors (Lipinski definition) is 5. The number of tetrazole rings is 1. The summed E-state index contributed by atoms with van der Waals surface area (Å²) in [5.41, 5.74) is 6.51. The predicted molar refractivity (Wildman–Crippen MR) is 65.4 cm³/mol. The summed E-state index contributed by atoms with van der Waals surface area (Å²) in [5, 5.41) is 12.1. The van der Waals surface area contributed by atoms with E-state index in [-0.39, 0.29) is 11.6 Å². The fraction of sp³-hybridized carbons (Fsp3) is 0.909. The van der Waals surface area contributed by atoms with Gasteiger partial charge in [-0.3, -0.25) is 0 Å². The van der Waals surface area contributed by atoms with Crippen LogP contribution in [0.15, 0.2) is 0 Å². The van der Waals surface area contributed by atoms with E-state index < -0.39 is 0 Å². The van der Waals surface area contributed by atoms with Crippen molar-refractivity contribution in [2.45, 2.75) is 43.7 Å². The Balaban J connectivity index is 2.09. The van der Waals surface area contributed by atoms with E-state index >= 15 is 0 Å². The molecule has 6 heteroatoms. The van der Waals surface area contributed by atoms with Crippen LogP contribution in [0.1, 0.15) is 31.5 Å². The van der Waals surface area contributed by atoms with Crippen LogP contribution in [0.5, 0.6) is 0 Å². The molecule has 1 aliphatic rings. The molecule has 0 radical (unpaired) electrons. The van der Waals surface area contributed by atoms with Gasteiger partial charge in [-0.15, -0.1) is 10.2 Å². The van der Waals surface area contributed by atoms with Gasteiger partial charge in [0.1, 0.15) is 0 Å². The second-order valence-electron chi connectivity index (χ2n) is 5.21. The molecule has 2 rings (SSSR count). The van der Waals surface area contributed by atoms with E-state index in [4.69, 9.17) is 5.73 Å². The van der Waals surface area contributed by atoms with Gasteiger partial charge in [-0.25, -0.2) is 0 Å². The van der Waals surface area contributed by atoms with Crippen LogP contribution in [-0.4, -0.2) is 50.8 Å². The summed E-state index contributed by atoms with van der Waals surface area (Å²) < 4.78 is 0. The number of aromatic nitrogens is 4. The Morgan fingerprint density at radius 2 is 2.06 bits per heavy atom. The van der Waals surface area contributed by atoms with Crippen molar-refractivity contribution in [2.75, 3.05) is 14.1 Å². The summed E-state index contributed by atoms with van der Waals surface area (Å²) in [6.45, 7) is 0. The molecule has 17 heavy (non-hydrogen) atoms. The number of nitrogens with two attached hydrogens (primary N) is 1. The van der Waals surface area contributed by atoms with Crippen LogP contribution in [0.3, 0.4) is 0 Å². The fourth-order valence-electron chi connectivity index (χ4n) is 2.93. The Labute approximate surface area is 102 Å². The zero-order valence-corrected chi connectivity index (χ0v) is 10.9. The van der Waals surface area contributed by atoms with Gasteiger partial charge in [-0.2, -0.15) is 4.80 Å². The maximum Gasteiger partial charge on any atom is 0.176 e. The highest BCUT2D eigenvalue weighted by Crippen LogP contribution is 2.36. The van der Waals surface area contributed by atoms with Crippen LogP contribution in [0, 0.1) is 0 Å². The van der Waals surface area contributed by atoms with Crippen LogP contribution in [0.4, 0.5) is 0 Å². The van der Waals surface area contributed by atoms with Crippen molar-refractivity contribution in [2.24, 2.45) is 12.8 Å². The van der Waals surface area contributed by atoms with E-state index in [0.29, 0.717) is 6.42 Å². The molecule has 0 amide bonds. The van der Waals surface area contributed by atoms with Gasteiger partial charge in [0, 0.05) is 18.0 Å². The number of hydrogen-bond donors (Lipinski definition) is 1. The van der Waals surface area contributed by atoms with Crippen LogP contribution in [0.25, 0.3) is 0 Å². The summed E-state index contributed by atoms with van der Waals surface area (Å²) in [6.07, 6.45) is 5.56. The molecule has 1 fully saturated rings. The first-order valence-corrected chi connectivity index (χ1v) is 6.20. The van der Waals surface area contributed by atoms with E-state index in [2.05, 4.69) is 34.4 Å². The molecule has 1 atom stereocenters. The third kappa shape index (κ3) is 2.32. The van der Waals surface area contributed by atoms with Crippen molar-refractivity contribution >= 4 is 0 Å². The molecule has 1 aliphatic carbocycles. The highest BCUT2D eigenvalue weighted by Gasteiger charge is 2.41. The van der Waals surface area contributed by atoms with Gasteiger partial charge in [0.15, 0.2) is 5.82 Å².